The van der Waals surface area contributed by atoms with Gasteiger partial charge in [-0.05, 0) is 46.6 Å². The quantitative estimate of drug-likeness (QED) is 0.808. The monoisotopic (exact) mass is 286 g/mol. The molecular weight excluding hydrogens is 279 g/mol. The topological polar surface area (TPSA) is 41.9 Å². The molecule has 3 rings (SSSR count). The average Bonchev–Trinajstić information content (AvgIpc) is 2.74. The van der Waals surface area contributed by atoms with E-state index in [2.05, 4.69) is 31.3 Å². The third kappa shape index (κ3) is 2.22. The first-order valence-corrected chi connectivity index (χ1v) is 6.73. The molecule has 0 spiro atoms. The highest BCUT2D eigenvalue weighted by atomic mass is 35.5. The van der Waals surface area contributed by atoms with Crippen molar-refractivity contribution in [1.29, 1.82) is 0 Å². The minimum absolute atomic E-state index is 0.135. The van der Waals surface area contributed by atoms with E-state index < -0.39 is 0 Å². The van der Waals surface area contributed by atoms with E-state index >= 15 is 0 Å². The van der Waals surface area contributed by atoms with Gasteiger partial charge in [0.05, 0.1) is 0 Å². The molecule has 0 amide bonds. The van der Waals surface area contributed by atoms with Crippen LogP contribution < -0.4 is 4.90 Å². The van der Waals surface area contributed by atoms with Crippen molar-refractivity contribution in [1.82, 2.24) is 15.0 Å². The molecule has 3 heterocycles. The molecule has 0 radical (unpaired) electrons. The van der Waals surface area contributed by atoms with Crippen LogP contribution in [-0.2, 0) is 13.0 Å². The summed E-state index contributed by atoms with van der Waals surface area (Å²) in [6.45, 7) is 1.68. The Morgan fingerprint density at radius 1 is 1.18 bits per heavy atom. The number of aromatic nitrogens is 3. The molecule has 4 nitrogen and oxygen atoms in total. The van der Waals surface area contributed by atoms with E-state index in [1.165, 1.54) is 10.4 Å². The van der Waals surface area contributed by atoms with Crippen LogP contribution in [0.15, 0.2) is 11.4 Å². The first kappa shape index (κ1) is 11.2. The normalized spacial score (nSPS) is 14.8. The maximum Gasteiger partial charge on any atom is 0.231 e. The van der Waals surface area contributed by atoms with Crippen LogP contribution in [0.1, 0.15) is 10.4 Å². The van der Waals surface area contributed by atoms with Gasteiger partial charge in [0, 0.05) is 18.0 Å². The number of anilines is 1. The summed E-state index contributed by atoms with van der Waals surface area (Å²) in [6, 6.07) is 2.14. The fourth-order valence-electron chi connectivity index (χ4n) is 1.88. The van der Waals surface area contributed by atoms with Gasteiger partial charge in [-0.3, -0.25) is 0 Å². The Balaban J connectivity index is 1.91. The number of thiophene rings is 1. The zero-order chi connectivity index (χ0) is 11.8. The first-order chi connectivity index (χ1) is 8.22. The maximum atomic E-state index is 5.78. The molecule has 1 aliphatic rings. The Morgan fingerprint density at radius 2 is 1.94 bits per heavy atom. The molecule has 0 saturated heterocycles. The molecule has 2 aromatic rings. The fraction of sp³-hybridized carbons (Fsp3) is 0.300. The smallest absolute Gasteiger partial charge is 0.231 e. The van der Waals surface area contributed by atoms with Gasteiger partial charge in [-0.1, -0.05) is 0 Å². The van der Waals surface area contributed by atoms with Crippen LogP contribution in [0.25, 0.3) is 0 Å². The minimum Gasteiger partial charge on any atom is -0.336 e. The van der Waals surface area contributed by atoms with Crippen molar-refractivity contribution in [3.63, 3.8) is 0 Å². The number of hydrogen-bond donors (Lipinski definition) is 0. The Morgan fingerprint density at radius 3 is 2.71 bits per heavy atom. The molecule has 88 valence electrons. The van der Waals surface area contributed by atoms with Gasteiger partial charge in [-0.15, -0.1) is 11.3 Å². The van der Waals surface area contributed by atoms with Gasteiger partial charge in [0.2, 0.25) is 16.5 Å². The lowest BCUT2D eigenvalue weighted by Gasteiger charge is -2.26. The molecule has 2 aromatic heterocycles. The molecular formula is C10H8Cl2N4S. The molecule has 0 unspecified atom stereocenters. The van der Waals surface area contributed by atoms with Crippen molar-refractivity contribution in [3.05, 3.63) is 32.5 Å². The molecule has 1 aliphatic heterocycles. The van der Waals surface area contributed by atoms with Crippen LogP contribution in [-0.4, -0.2) is 21.5 Å². The lowest BCUT2D eigenvalue weighted by molar-refractivity contribution is 0.714. The highest BCUT2D eigenvalue weighted by molar-refractivity contribution is 7.10. The summed E-state index contributed by atoms with van der Waals surface area (Å²) in [5.41, 5.74) is 1.33. The molecule has 0 aromatic carbocycles. The summed E-state index contributed by atoms with van der Waals surface area (Å²) in [5.74, 6) is 0.548. The predicted octanol–water partition coefficient (Wildman–Crippen LogP) is 2.80. The molecule has 0 saturated carbocycles. The van der Waals surface area contributed by atoms with E-state index in [0.717, 1.165) is 19.5 Å². The van der Waals surface area contributed by atoms with Crippen molar-refractivity contribution in [3.8, 4) is 0 Å². The summed E-state index contributed by atoms with van der Waals surface area (Å²) in [6.07, 6.45) is 1.01. The van der Waals surface area contributed by atoms with Gasteiger partial charge in [0.25, 0.3) is 0 Å². The first-order valence-electron chi connectivity index (χ1n) is 5.09. The van der Waals surface area contributed by atoms with Crippen LogP contribution in [0.2, 0.25) is 10.6 Å². The minimum atomic E-state index is 0.135. The van der Waals surface area contributed by atoms with E-state index in [0.29, 0.717) is 5.95 Å². The Bertz CT molecular complexity index is 537. The third-order valence-corrected chi connectivity index (χ3v) is 4.02. The van der Waals surface area contributed by atoms with Gasteiger partial charge < -0.3 is 4.90 Å². The number of nitrogens with zero attached hydrogens (tertiary/aromatic N) is 4. The zero-order valence-corrected chi connectivity index (χ0v) is 11.1. The SMILES string of the molecule is Clc1nc(Cl)nc(N2CCc3sccc3C2)n1. The molecule has 0 aliphatic carbocycles. The van der Waals surface area contributed by atoms with Crippen molar-refractivity contribution >= 4 is 40.5 Å². The summed E-state index contributed by atoms with van der Waals surface area (Å²) >= 11 is 13.4. The van der Waals surface area contributed by atoms with E-state index in [-0.39, 0.29) is 10.6 Å². The second-order valence-corrected chi connectivity index (χ2v) is 5.39. The molecule has 0 atom stereocenters. The largest absolute Gasteiger partial charge is 0.336 e. The Kier molecular flexibility index (Phi) is 2.90. The Hall–Kier alpha value is -0.910. The lowest BCUT2D eigenvalue weighted by Crippen LogP contribution is -2.31. The van der Waals surface area contributed by atoms with Gasteiger partial charge >= 0.3 is 0 Å². The van der Waals surface area contributed by atoms with E-state index in [1.54, 1.807) is 11.3 Å². The molecule has 17 heavy (non-hydrogen) atoms. The van der Waals surface area contributed by atoms with Crippen LogP contribution in [0.3, 0.4) is 0 Å². The molecule has 0 fully saturated rings. The summed E-state index contributed by atoms with van der Waals surface area (Å²) in [4.78, 5) is 15.5. The molecule has 0 N–H and O–H groups in total. The van der Waals surface area contributed by atoms with Crippen LogP contribution in [0.5, 0.6) is 0 Å². The summed E-state index contributed by atoms with van der Waals surface area (Å²) in [7, 11) is 0. The summed E-state index contributed by atoms with van der Waals surface area (Å²) < 4.78 is 0. The summed E-state index contributed by atoms with van der Waals surface area (Å²) in [5, 5.41) is 2.38. The van der Waals surface area contributed by atoms with Crippen LogP contribution in [0.4, 0.5) is 5.95 Å². The van der Waals surface area contributed by atoms with Crippen molar-refractivity contribution in [2.24, 2.45) is 0 Å². The standard InChI is InChI=1S/C10H8Cl2N4S/c11-8-13-9(12)15-10(14-8)16-3-1-7-6(5-16)2-4-17-7/h2,4H,1,3,5H2. The van der Waals surface area contributed by atoms with Crippen molar-refractivity contribution in [2.75, 3.05) is 11.4 Å². The van der Waals surface area contributed by atoms with E-state index in [4.69, 9.17) is 23.2 Å². The van der Waals surface area contributed by atoms with Crippen molar-refractivity contribution < 1.29 is 0 Å². The van der Waals surface area contributed by atoms with Gasteiger partial charge in [0.15, 0.2) is 0 Å². The number of hydrogen-bond acceptors (Lipinski definition) is 5. The molecule has 7 heteroatoms. The van der Waals surface area contributed by atoms with E-state index in [1.807, 2.05) is 0 Å². The van der Waals surface area contributed by atoms with E-state index in [9.17, 15) is 0 Å². The molecule has 0 bridgehead atoms. The number of rotatable bonds is 1. The highest BCUT2D eigenvalue weighted by Gasteiger charge is 2.20. The second-order valence-electron chi connectivity index (χ2n) is 3.71. The average molecular weight is 287 g/mol. The van der Waals surface area contributed by atoms with Gasteiger partial charge in [0.1, 0.15) is 0 Å². The van der Waals surface area contributed by atoms with Gasteiger partial charge in [-0.25, -0.2) is 0 Å². The lowest BCUT2D eigenvalue weighted by atomic mass is 10.1. The highest BCUT2D eigenvalue weighted by Crippen LogP contribution is 2.26. The van der Waals surface area contributed by atoms with Crippen molar-refractivity contribution in [2.45, 2.75) is 13.0 Å². The Labute approximate surface area is 112 Å². The maximum absolute atomic E-state index is 5.78. The predicted molar refractivity (Wildman–Crippen MR) is 68.9 cm³/mol. The number of fused-ring (bicyclic) bond motifs is 1. The van der Waals surface area contributed by atoms with Crippen LogP contribution >= 0.6 is 34.5 Å². The zero-order valence-electron chi connectivity index (χ0n) is 8.73. The second kappa shape index (κ2) is 4.40. The fourth-order valence-corrected chi connectivity index (χ4v) is 3.12. The van der Waals surface area contributed by atoms with Crippen LogP contribution in [0, 0.1) is 0 Å². The third-order valence-electron chi connectivity index (χ3n) is 2.66. The van der Waals surface area contributed by atoms with Gasteiger partial charge in [-0.2, -0.15) is 15.0 Å². The number of halogens is 2.